The summed E-state index contributed by atoms with van der Waals surface area (Å²) < 4.78 is 5.33. The molecule has 6 heteroatoms. The van der Waals surface area contributed by atoms with Crippen LogP contribution in [0.3, 0.4) is 0 Å². The van der Waals surface area contributed by atoms with Crippen molar-refractivity contribution >= 4 is 12.0 Å². The first-order chi connectivity index (χ1) is 12.1. The molecule has 2 aliphatic rings. The van der Waals surface area contributed by atoms with Gasteiger partial charge in [0.15, 0.2) is 0 Å². The first-order valence-electron chi connectivity index (χ1n) is 8.96. The highest BCUT2D eigenvalue weighted by molar-refractivity contribution is 5.89. The lowest BCUT2D eigenvalue weighted by Gasteiger charge is -2.34. The Hall–Kier alpha value is -2.08. The van der Waals surface area contributed by atoms with E-state index in [9.17, 15) is 14.7 Å². The Morgan fingerprint density at radius 3 is 2.44 bits per heavy atom. The van der Waals surface area contributed by atoms with E-state index in [0.717, 1.165) is 50.9 Å². The smallest absolute Gasteiger partial charge is 0.335 e. The van der Waals surface area contributed by atoms with Crippen LogP contribution in [0.1, 0.15) is 35.2 Å². The highest BCUT2D eigenvalue weighted by Gasteiger charge is 2.31. The van der Waals surface area contributed by atoms with E-state index in [1.165, 1.54) is 0 Å². The van der Waals surface area contributed by atoms with E-state index in [0.29, 0.717) is 18.0 Å². The van der Waals surface area contributed by atoms with E-state index in [1.54, 1.807) is 19.2 Å². The van der Waals surface area contributed by atoms with Gasteiger partial charge >= 0.3 is 12.0 Å². The lowest BCUT2D eigenvalue weighted by Crippen LogP contribution is -2.46. The first kappa shape index (κ1) is 17.7. The minimum atomic E-state index is -0.870. The maximum Gasteiger partial charge on any atom is 0.335 e. The number of nitrogens with zero attached hydrogens (tertiary/aromatic N) is 2. The van der Waals surface area contributed by atoms with Crippen LogP contribution in [-0.4, -0.2) is 66.3 Å². The van der Waals surface area contributed by atoms with Crippen LogP contribution in [0.5, 0.6) is 0 Å². The van der Waals surface area contributed by atoms with Crippen molar-refractivity contribution in [2.45, 2.75) is 31.8 Å². The van der Waals surface area contributed by atoms with E-state index < -0.39 is 5.97 Å². The Labute approximate surface area is 148 Å². The Balaban J connectivity index is 1.52. The van der Waals surface area contributed by atoms with Gasteiger partial charge < -0.3 is 19.6 Å². The zero-order valence-electron chi connectivity index (χ0n) is 14.7. The van der Waals surface area contributed by atoms with E-state index in [4.69, 9.17) is 4.74 Å². The largest absolute Gasteiger partial charge is 0.478 e. The van der Waals surface area contributed by atoms with Gasteiger partial charge in [-0.15, -0.1) is 0 Å². The molecule has 2 aliphatic heterocycles. The van der Waals surface area contributed by atoms with Crippen molar-refractivity contribution in [2.24, 2.45) is 5.92 Å². The molecule has 0 aliphatic carbocycles. The Morgan fingerprint density at radius 2 is 1.80 bits per heavy atom. The average molecular weight is 346 g/mol. The summed E-state index contributed by atoms with van der Waals surface area (Å²) in [5.41, 5.74) is 1.28. The molecular weight excluding hydrogens is 320 g/mol. The lowest BCUT2D eigenvalue weighted by molar-refractivity contribution is 0.0695. The van der Waals surface area contributed by atoms with Gasteiger partial charge in [0.25, 0.3) is 0 Å². The van der Waals surface area contributed by atoms with Gasteiger partial charge in [0.05, 0.1) is 11.7 Å². The molecule has 0 spiro atoms. The van der Waals surface area contributed by atoms with Crippen molar-refractivity contribution < 1.29 is 19.4 Å². The molecule has 0 radical (unpaired) electrons. The zero-order chi connectivity index (χ0) is 17.8. The van der Waals surface area contributed by atoms with Crippen LogP contribution in [0.4, 0.5) is 4.79 Å². The summed E-state index contributed by atoms with van der Waals surface area (Å²) in [6.07, 6.45) is 3.67. The molecule has 0 saturated carbocycles. The lowest BCUT2D eigenvalue weighted by atomic mass is 9.88. The number of likely N-dealkylation sites (tertiary alicyclic amines) is 2. The van der Waals surface area contributed by atoms with Crippen LogP contribution in [0, 0.1) is 5.92 Å². The zero-order valence-corrected chi connectivity index (χ0v) is 14.7. The third-order valence-corrected chi connectivity index (χ3v) is 5.39. The topological polar surface area (TPSA) is 70.1 Å². The molecule has 1 N–H and O–H groups in total. The fourth-order valence-electron chi connectivity index (χ4n) is 3.84. The van der Waals surface area contributed by atoms with Crippen LogP contribution in [0.2, 0.25) is 0 Å². The summed E-state index contributed by atoms with van der Waals surface area (Å²) in [5, 5.41) is 9.30. The van der Waals surface area contributed by atoms with Gasteiger partial charge in [-0.3, -0.25) is 0 Å². The highest BCUT2D eigenvalue weighted by atomic mass is 16.5. The molecule has 0 bridgehead atoms. The number of carbonyl (C=O) groups is 2. The summed E-state index contributed by atoms with van der Waals surface area (Å²) in [4.78, 5) is 27.7. The molecular formula is C19H26N2O4. The molecule has 1 atom stereocenters. The first-order valence-corrected chi connectivity index (χ1v) is 8.96. The predicted octanol–water partition coefficient (Wildman–Crippen LogP) is 2.48. The van der Waals surface area contributed by atoms with E-state index in [-0.39, 0.29) is 12.1 Å². The normalized spacial score (nSPS) is 21.6. The van der Waals surface area contributed by atoms with E-state index in [2.05, 4.69) is 0 Å². The maximum atomic E-state index is 12.6. The van der Waals surface area contributed by atoms with Crippen molar-refractivity contribution in [1.82, 2.24) is 9.80 Å². The summed E-state index contributed by atoms with van der Waals surface area (Å²) in [7, 11) is 1.69. The molecule has 25 heavy (non-hydrogen) atoms. The van der Waals surface area contributed by atoms with Crippen molar-refractivity contribution in [3.63, 3.8) is 0 Å². The molecule has 2 amide bonds. The molecule has 2 saturated heterocycles. The molecule has 2 fully saturated rings. The Morgan fingerprint density at radius 1 is 1.12 bits per heavy atom. The fraction of sp³-hybridized carbons (Fsp3) is 0.579. The number of rotatable bonds is 4. The minimum absolute atomic E-state index is 0.115. The average Bonchev–Trinajstić information content (AvgIpc) is 3.11. The van der Waals surface area contributed by atoms with Crippen LogP contribution in [0.15, 0.2) is 24.3 Å². The molecule has 1 aromatic carbocycles. The number of carbonyl (C=O) groups excluding carboxylic acids is 1. The van der Waals surface area contributed by atoms with Crippen molar-refractivity contribution in [2.75, 3.05) is 33.3 Å². The van der Waals surface area contributed by atoms with Gasteiger partial charge in [-0.1, -0.05) is 18.2 Å². The van der Waals surface area contributed by atoms with Crippen LogP contribution in [-0.2, 0) is 11.2 Å². The number of urea groups is 1. The number of amides is 2. The van der Waals surface area contributed by atoms with Crippen molar-refractivity contribution in [3.05, 3.63) is 35.4 Å². The predicted molar refractivity (Wildman–Crippen MR) is 93.8 cm³/mol. The second-order valence-corrected chi connectivity index (χ2v) is 6.97. The second kappa shape index (κ2) is 7.87. The number of ether oxygens (including phenoxy) is 1. The number of piperidine rings is 1. The van der Waals surface area contributed by atoms with E-state index in [1.807, 2.05) is 21.9 Å². The number of benzene rings is 1. The summed E-state index contributed by atoms with van der Waals surface area (Å²) in [6.45, 7) is 2.93. The molecule has 6 nitrogen and oxygen atoms in total. The third kappa shape index (κ3) is 4.12. The second-order valence-electron chi connectivity index (χ2n) is 6.97. The fourth-order valence-corrected chi connectivity index (χ4v) is 3.84. The number of aromatic carboxylic acids is 1. The third-order valence-electron chi connectivity index (χ3n) is 5.39. The van der Waals surface area contributed by atoms with Gasteiger partial charge in [0, 0.05) is 33.3 Å². The molecule has 136 valence electrons. The SMILES string of the molecule is CO[C@H]1CCN(C(=O)N2CCC(Cc3ccccc3C(=O)O)CC2)C1. The molecule has 0 unspecified atom stereocenters. The Kier molecular flexibility index (Phi) is 5.58. The monoisotopic (exact) mass is 346 g/mol. The van der Waals surface area contributed by atoms with Crippen LogP contribution < -0.4 is 0 Å². The number of carboxylic acid groups (broad SMARTS) is 1. The van der Waals surface area contributed by atoms with Gasteiger partial charge in [0.1, 0.15) is 0 Å². The Bertz CT molecular complexity index is 626. The van der Waals surface area contributed by atoms with Gasteiger partial charge in [-0.25, -0.2) is 9.59 Å². The van der Waals surface area contributed by atoms with Crippen molar-refractivity contribution in [1.29, 1.82) is 0 Å². The number of hydrogen-bond acceptors (Lipinski definition) is 3. The molecule has 0 aromatic heterocycles. The quantitative estimate of drug-likeness (QED) is 0.909. The molecule has 2 heterocycles. The van der Waals surface area contributed by atoms with Crippen LogP contribution in [0.25, 0.3) is 0 Å². The van der Waals surface area contributed by atoms with Gasteiger partial charge in [-0.05, 0) is 43.2 Å². The van der Waals surface area contributed by atoms with Crippen molar-refractivity contribution in [3.8, 4) is 0 Å². The van der Waals surface area contributed by atoms with Gasteiger partial charge in [0.2, 0.25) is 0 Å². The number of carboxylic acids is 1. The van der Waals surface area contributed by atoms with Crippen LogP contribution >= 0.6 is 0 Å². The highest BCUT2D eigenvalue weighted by Crippen LogP contribution is 2.25. The standard InChI is InChI=1S/C19H26N2O4/c1-25-16-8-11-21(13-16)19(24)20-9-6-14(7-10-20)12-15-4-2-3-5-17(15)18(22)23/h2-5,14,16H,6-13H2,1H3,(H,22,23)/t16-/m0/s1. The number of methoxy groups -OCH3 is 1. The summed E-state index contributed by atoms with van der Waals surface area (Å²) in [6, 6.07) is 7.33. The summed E-state index contributed by atoms with van der Waals surface area (Å²) in [5.74, 6) is -0.445. The minimum Gasteiger partial charge on any atom is -0.478 e. The van der Waals surface area contributed by atoms with Gasteiger partial charge in [-0.2, -0.15) is 0 Å². The number of hydrogen-bond donors (Lipinski definition) is 1. The van der Waals surface area contributed by atoms with E-state index >= 15 is 0 Å². The molecule has 3 rings (SSSR count). The maximum absolute atomic E-state index is 12.6. The summed E-state index contributed by atoms with van der Waals surface area (Å²) >= 11 is 0. The molecule has 1 aromatic rings.